The van der Waals surface area contributed by atoms with E-state index in [1.807, 2.05) is 0 Å². The van der Waals surface area contributed by atoms with Crippen LogP contribution in [0.5, 0.6) is 0 Å². The van der Waals surface area contributed by atoms with Crippen LogP contribution in [0.25, 0.3) is 0 Å². The van der Waals surface area contributed by atoms with E-state index in [9.17, 15) is 4.79 Å². The van der Waals surface area contributed by atoms with E-state index in [0.717, 1.165) is 44.4 Å². The third kappa shape index (κ3) is 2.57. The maximum Gasteiger partial charge on any atom is 0.227 e. The summed E-state index contributed by atoms with van der Waals surface area (Å²) < 4.78 is 0. The molecule has 1 N–H and O–H groups in total. The van der Waals surface area contributed by atoms with Gasteiger partial charge in [0.1, 0.15) is 0 Å². The van der Waals surface area contributed by atoms with Gasteiger partial charge in [-0.3, -0.25) is 4.79 Å². The van der Waals surface area contributed by atoms with Crippen LogP contribution in [-0.2, 0) is 4.79 Å². The summed E-state index contributed by atoms with van der Waals surface area (Å²) >= 11 is 0. The highest BCUT2D eigenvalue weighted by molar-refractivity contribution is 5.79. The Balaban J connectivity index is 1.81. The van der Waals surface area contributed by atoms with Gasteiger partial charge in [-0.05, 0) is 37.6 Å². The van der Waals surface area contributed by atoms with Gasteiger partial charge >= 0.3 is 0 Å². The molecule has 0 radical (unpaired) electrons. The van der Waals surface area contributed by atoms with Crippen molar-refractivity contribution in [2.75, 3.05) is 26.2 Å². The molecule has 0 aromatic heterocycles. The number of nitrogens with zero attached hydrogens (tertiary/aromatic N) is 1. The Morgan fingerprint density at radius 3 is 2.44 bits per heavy atom. The third-order valence-corrected chi connectivity index (χ3v) is 4.20. The van der Waals surface area contributed by atoms with Crippen LogP contribution in [-0.4, -0.2) is 37.0 Å². The zero-order chi connectivity index (χ0) is 11.5. The number of likely N-dealkylation sites (tertiary alicyclic amines) is 1. The van der Waals surface area contributed by atoms with Crippen molar-refractivity contribution in [2.24, 2.45) is 17.8 Å². The monoisotopic (exact) mass is 224 g/mol. The quantitative estimate of drug-likeness (QED) is 0.771. The number of nitrogens with one attached hydrogen (secondary N) is 1. The largest absolute Gasteiger partial charge is 0.342 e. The Morgan fingerprint density at radius 1 is 1.25 bits per heavy atom. The van der Waals surface area contributed by atoms with Crippen molar-refractivity contribution in [2.45, 2.75) is 33.1 Å². The Hall–Kier alpha value is -0.570. The van der Waals surface area contributed by atoms with Gasteiger partial charge in [-0.15, -0.1) is 0 Å². The zero-order valence-electron chi connectivity index (χ0n) is 10.5. The molecule has 3 heteroatoms. The Labute approximate surface area is 98.6 Å². The summed E-state index contributed by atoms with van der Waals surface area (Å²) in [6.07, 6.45) is 3.43. The minimum atomic E-state index is 0.260. The third-order valence-electron chi connectivity index (χ3n) is 4.20. The smallest absolute Gasteiger partial charge is 0.227 e. The highest BCUT2D eigenvalue weighted by atomic mass is 16.2. The maximum atomic E-state index is 12.2. The van der Waals surface area contributed by atoms with Crippen LogP contribution in [0.4, 0.5) is 0 Å². The Kier molecular flexibility index (Phi) is 3.85. The molecule has 0 saturated carbocycles. The highest BCUT2D eigenvalue weighted by Gasteiger charge is 2.30. The van der Waals surface area contributed by atoms with Crippen molar-refractivity contribution in [3.8, 4) is 0 Å². The van der Waals surface area contributed by atoms with Crippen molar-refractivity contribution < 1.29 is 4.79 Å². The molecular weight excluding hydrogens is 200 g/mol. The van der Waals surface area contributed by atoms with Crippen LogP contribution in [0.3, 0.4) is 0 Å². The molecule has 0 aromatic rings. The van der Waals surface area contributed by atoms with Crippen LogP contribution in [0.2, 0.25) is 0 Å². The molecule has 0 bridgehead atoms. The van der Waals surface area contributed by atoms with E-state index in [-0.39, 0.29) is 5.92 Å². The molecule has 0 unspecified atom stereocenters. The molecule has 2 saturated heterocycles. The lowest BCUT2D eigenvalue weighted by Crippen LogP contribution is -2.43. The minimum absolute atomic E-state index is 0.260. The van der Waals surface area contributed by atoms with E-state index in [0.29, 0.717) is 5.91 Å². The second kappa shape index (κ2) is 5.17. The Bertz CT molecular complexity index is 238. The van der Waals surface area contributed by atoms with Crippen LogP contribution < -0.4 is 5.32 Å². The SMILES string of the molecule is CC(C)C1CCN(C(=O)[C@@H]2CCNC2)CC1. The summed E-state index contributed by atoms with van der Waals surface area (Å²) in [6.45, 7) is 8.46. The molecule has 1 amide bonds. The molecule has 3 nitrogen and oxygen atoms in total. The molecule has 0 aliphatic carbocycles. The number of piperidine rings is 1. The second-order valence-corrected chi connectivity index (χ2v) is 5.60. The van der Waals surface area contributed by atoms with Gasteiger partial charge in [-0.1, -0.05) is 13.8 Å². The molecule has 16 heavy (non-hydrogen) atoms. The average Bonchev–Trinajstić information content (AvgIpc) is 2.81. The van der Waals surface area contributed by atoms with Crippen molar-refractivity contribution in [3.63, 3.8) is 0 Å². The van der Waals surface area contributed by atoms with E-state index in [1.54, 1.807) is 0 Å². The first-order valence-corrected chi connectivity index (χ1v) is 6.68. The molecule has 0 aromatic carbocycles. The van der Waals surface area contributed by atoms with Crippen LogP contribution >= 0.6 is 0 Å². The lowest BCUT2D eigenvalue weighted by Gasteiger charge is -2.35. The van der Waals surface area contributed by atoms with E-state index in [4.69, 9.17) is 0 Å². The number of hydrogen-bond donors (Lipinski definition) is 1. The van der Waals surface area contributed by atoms with E-state index in [1.165, 1.54) is 12.8 Å². The van der Waals surface area contributed by atoms with Gasteiger partial charge in [0.05, 0.1) is 5.92 Å². The zero-order valence-corrected chi connectivity index (χ0v) is 10.5. The van der Waals surface area contributed by atoms with Gasteiger partial charge in [0.2, 0.25) is 5.91 Å². The van der Waals surface area contributed by atoms with Crippen molar-refractivity contribution >= 4 is 5.91 Å². The summed E-state index contributed by atoms with van der Waals surface area (Å²) in [5.74, 6) is 2.25. The van der Waals surface area contributed by atoms with E-state index < -0.39 is 0 Å². The van der Waals surface area contributed by atoms with Crippen LogP contribution in [0, 0.1) is 17.8 Å². The first-order chi connectivity index (χ1) is 7.68. The van der Waals surface area contributed by atoms with Gasteiger partial charge in [-0.2, -0.15) is 0 Å². The first kappa shape index (κ1) is 11.9. The van der Waals surface area contributed by atoms with Gasteiger partial charge in [-0.25, -0.2) is 0 Å². The van der Waals surface area contributed by atoms with Gasteiger partial charge in [0.15, 0.2) is 0 Å². The lowest BCUT2D eigenvalue weighted by molar-refractivity contribution is -0.136. The van der Waals surface area contributed by atoms with Gasteiger partial charge in [0.25, 0.3) is 0 Å². The highest BCUT2D eigenvalue weighted by Crippen LogP contribution is 2.25. The fourth-order valence-electron chi connectivity index (χ4n) is 2.91. The Morgan fingerprint density at radius 2 is 1.94 bits per heavy atom. The molecule has 92 valence electrons. The van der Waals surface area contributed by atoms with Crippen molar-refractivity contribution in [1.82, 2.24) is 10.2 Å². The second-order valence-electron chi connectivity index (χ2n) is 5.60. The predicted molar refractivity (Wildman–Crippen MR) is 65.1 cm³/mol. The summed E-state index contributed by atoms with van der Waals surface area (Å²) in [5.41, 5.74) is 0. The number of hydrogen-bond acceptors (Lipinski definition) is 2. The molecule has 2 aliphatic rings. The average molecular weight is 224 g/mol. The summed E-state index contributed by atoms with van der Waals surface area (Å²) in [6, 6.07) is 0. The lowest BCUT2D eigenvalue weighted by atomic mass is 9.86. The summed E-state index contributed by atoms with van der Waals surface area (Å²) in [4.78, 5) is 14.3. The van der Waals surface area contributed by atoms with Gasteiger partial charge < -0.3 is 10.2 Å². The summed E-state index contributed by atoms with van der Waals surface area (Å²) in [5, 5.41) is 3.27. The van der Waals surface area contributed by atoms with Crippen molar-refractivity contribution in [3.05, 3.63) is 0 Å². The topological polar surface area (TPSA) is 32.3 Å². The number of amides is 1. The predicted octanol–water partition coefficient (Wildman–Crippen LogP) is 1.49. The fourth-order valence-corrected chi connectivity index (χ4v) is 2.91. The molecule has 2 heterocycles. The standard InChI is InChI=1S/C13H24N2O/c1-10(2)11-4-7-15(8-5-11)13(16)12-3-6-14-9-12/h10-12,14H,3-9H2,1-2H3/t12-/m1/s1. The van der Waals surface area contributed by atoms with E-state index >= 15 is 0 Å². The molecule has 2 rings (SSSR count). The molecular formula is C13H24N2O. The first-order valence-electron chi connectivity index (χ1n) is 6.68. The maximum absolute atomic E-state index is 12.2. The number of carbonyl (C=O) groups is 1. The number of rotatable bonds is 2. The normalized spacial score (nSPS) is 27.7. The molecule has 2 fully saturated rings. The molecule has 1 atom stereocenters. The summed E-state index contributed by atoms with van der Waals surface area (Å²) in [7, 11) is 0. The van der Waals surface area contributed by atoms with Gasteiger partial charge in [0, 0.05) is 19.6 Å². The fraction of sp³-hybridized carbons (Fsp3) is 0.923. The van der Waals surface area contributed by atoms with Crippen LogP contribution in [0.15, 0.2) is 0 Å². The molecule has 2 aliphatic heterocycles. The van der Waals surface area contributed by atoms with E-state index in [2.05, 4.69) is 24.1 Å². The number of carbonyl (C=O) groups excluding carboxylic acids is 1. The van der Waals surface area contributed by atoms with Crippen molar-refractivity contribution in [1.29, 1.82) is 0 Å². The minimum Gasteiger partial charge on any atom is -0.342 e. The molecule has 0 spiro atoms. The van der Waals surface area contributed by atoms with Crippen LogP contribution in [0.1, 0.15) is 33.1 Å².